The minimum Gasteiger partial charge on any atom is -0.437 e. The molecule has 3 rings (SSSR count). The molecule has 0 aliphatic carbocycles. The second kappa shape index (κ2) is 5.85. The summed E-state index contributed by atoms with van der Waals surface area (Å²) in [6.07, 6.45) is 1.70. The zero-order valence-electron chi connectivity index (χ0n) is 14.3. The summed E-state index contributed by atoms with van der Waals surface area (Å²) in [5, 5.41) is 0. The number of hydrogen-bond acceptors (Lipinski definition) is 4. The van der Waals surface area contributed by atoms with Gasteiger partial charge in [-0.05, 0) is 35.7 Å². The summed E-state index contributed by atoms with van der Waals surface area (Å²) in [4.78, 5) is 6.76. The summed E-state index contributed by atoms with van der Waals surface area (Å²) in [5.74, 6) is 1.34. The van der Waals surface area contributed by atoms with E-state index in [0.29, 0.717) is 17.6 Å². The van der Waals surface area contributed by atoms with Crippen LogP contribution in [0.2, 0.25) is 0 Å². The van der Waals surface area contributed by atoms with Gasteiger partial charge in [0.1, 0.15) is 5.75 Å². The molecule has 0 saturated carbocycles. The van der Waals surface area contributed by atoms with Crippen LogP contribution in [0.1, 0.15) is 44.9 Å². The molecule has 1 aliphatic rings. The first-order chi connectivity index (χ1) is 10.9. The van der Waals surface area contributed by atoms with Crippen LogP contribution in [0.15, 0.2) is 36.5 Å². The Labute approximate surface area is 138 Å². The van der Waals surface area contributed by atoms with Crippen molar-refractivity contribution in [1.82, 2.24) is 9.88 Å². The van der Waals surface area contributed by atoms with Gasteiger partial charge in [0.2, 0.25) is 5.88 Å². The van der Waals surface area contributed by atoms with Crippen LogP contribution in [0, 0.1) is 5.41 Å². The van der Waals surface area contributed by atoms with Crippen molar-refractivity contribution in [3.63, 3.8) is 0 Å². The number of ether oxygens (including phenoxy) is 1. The lowest BCUT2D eigenvalue weighted by molar-refractivity contribution is 0.117. The fourth-order valence-corrected chi connectivity index (χ4v) is 3.49. The summed E-state index contributed by atoms with van der Waals surface area (Å²) < 4.78 is 6.11. The van der Waals surface area contributed by atoms with E-state index < -0.39 is 0 Å². The number of rotatable bonds is 3. The maximum atomic E-state index is 6.11. The molecule has 1 aliphatic heterocycles. The van der Waals surface area contributed by atoms with Crippen molar-refractivity contribution in [2.24, 2.45) is 5.41 Å². The van der Waals surface area contributed by atoms with Crippen molar-refractivity contribution in [2.45, 2.75) is 40.3 Å². The van der Waals surface area contributed by atoms with Crippen molar-refractivity contribution < 1.29 is 4.74 Å². The maximum absolute atomic E-state index is 6.11. The predicted molar refractivity (Wildman–Crippen MR) is 93.4 cm³/mol. The summed E-state index contributed by atoms with van der Waals surface area (Å²) in [7, 11) is 0. The number of benzene rings is 1. The molecule has 122 valence electrons. The fraction of sp³-hybridized carbons (Fsp3) is 0.421. The highest BCUT2D eigenvalue weighted by molar-refractivity contribution is 5.52. The summed E-state index contributed by atoms with van der Waals surface area (Å²) in [6, 6.07) is 10.2. The molecular formula is C19H25N3O. The van der Waals surface area contributed by atoms with Crippen molar-refractivity contribution in [2.75, 3.05) is 12.3 Å². The Morgan fingerprint density at radius 1 is 1.26 bits per heavy atom. The molecule has 0 fully saturated rings. The summed E-state index contributed by atoms with van der Waals surface area (Å²) >= 11 is 0. The quantitative estimate of drug-likeness (QED) is 0.914. The molecule has 2 heterocycles. The number of pyridine rings is 1. The Morgan fingerprint density at radius 3 is 2.70 bits per heavy atom. The van der Waals surface area contributed by atoms with Gasteiger partial charge in [-0.2, -0.15) is 0 Å². The fourth-order valence-electron chi connectivity index (χ4n) is 3.49. The van der Waals surface area contributed by atoms with Crippen LogP contribution in [0.5, 0.6) is 11.6 Å². The van der Waals surface area contributed by atoms with Gasteiger partial charge in [0.15, 0.2) is 0 Å². The summed E-state index contributed by atoms with van der Waals surface area (Å²) in [5.41, 5.74) is 9.27. The van der Waals surface area contributed by atoms with E-state index in [-0.39, 0.29) is 5.41 Å². The lowest BCUT2D eigenvalue weighted by Gasteiger charge is -2.35. The maximum Gasteiger partial charge on any atom is 0.242 e. The second-order valence-corrected chi connectivity index (χ2v) is 7.16. The molecule has 0 radical (unpaired) electrons. The van der Waals surface area contributed by atoms with Gasteiger partial charge in [0.05, 0.1) is 5.69 Å². The van der Waals surface area contributed by atoms with E-state index in [2.05, 4.69) is 43.6 Å². The van der Waals surface area contributed by atoms with Gasteiger partial charge in [-0.1, -0.05) is 39.8 Å². The largest absolute Gasteiger partial charge is 0.437 e. The molecule has 23 heavy (non-hydrogen) atoms. The van der Waals surface area contributed by atoms with Crippen LogP contribution in [0.4, 0.5) is 5.69 Å². The number of fused-ring (bicyclic) bond motifs is 1. The molecule has 2 N–H and O–H groups in total. The first kappa shape index (κ1) is 15.8. The van der Waals surface area contributed by atoms with Gasteiger partial charge in [0, 0.05) is 24.3 Å². The zero-order valence-corrected chi connectivity index (χ0v) is 14.3. The Balaban J connectivity index is 2.06. The van der Waals surface area contributed by atoms with E-state index in [1.807, 2.05) is 24.3 Å². The second-order valence-electron chi connectivity index (χ2n) is 7.16. The van der Waals surface area contributed by atoms with Crippen LogP contribution in [-0.4, -0.2) is 16.4 Å². The number of hydrogen-bond donors (Lipinski definition) is 1. The van der Waals surface area contributed by atoms with Crippen molar-refractivity contribution in [3.8, 4) is 11.6 Å². The molecule has 1 aromatic heterocycles. The lowest BCUT2D eigenvalue weighted by atomic mass is 9.82. The van der Waals surface area contributed by atoms with E-state index in [1.165, 1.54) is 11.1 Å². The average Bonchev–Trinajstić information content (AvgIpc) is 2.89. The van der Waals surface area contributed by atoms with Crippen LogP contribution in [-0.2, 0) is 6.54 Å². The smallest absolute Gasteiger partial charge is 0.242 e. The number of nitrogen functional groups attached to an aromatic ring is 1. The lowest BCUT2D eigenvalue weighted by Crippen LogP contribution is -2.31. The molecule has 0 saturated heterocycles. The molecule has 1 aromatic carbocycles. The topological polar surface area (TPSA) is 51.4 Å². The highest BCUT2D eigenvalue weighted by atomic mass is 16.5. The van der Waals surface area contributed by atoms with Gasteiger partial charge in [-0.15, -0.1) is 0 Å². The molecule has 1 atom stereocenters. The van der Waals surface area contributed by atoms with E-state index in [4.69, 9.17) is 10.5 Å². The van der Waals surface area contributed by atoms with Crippen LogP contribution >= 0.6 is 0 Å². The predicted octanol–water partition coefficient (Wildman–Crippen LogP) is 4.38. The highest BCUT2D eigenvalue weighted by Gasteiger charge is 2.39. The van der Waals surface area contributed by atoms with Gasteiger partial charge < -0.3 is 10.5 Å². The van der Waals surface area contributed by atoms with Crippen LogP contribution < -0.4 is 10.5 Å². The Morgan fingerprint density at radius 2 is 2.04 bits per heavy atom. The number of anilines is 1. The van der Waals surface area contributed by atoms with E-state index >= 15 is 0 Å². The van der Waals surface area contributed by atoms with Crippen molar-refractivity contribution in [3.05, 3.63) is 47.7 Å². The molecular weight excluding hydrogens is 286 g/mol. The Kier molecular flexibility index (Phi) is 4.02. The Bertz CT molecular complexity index is 706. The van der Waals surface area contributed by atoms with Gasteiger partial charge >= 0.3 is 0 Å². The molecule has 0 bridgehead atoms. The van der Waals surface area contributed by atoms with E-state index in [0.717, 1.165) is 18.8 Å². The van der Waals surface area contributed by atoms with Crippen molar-refractivity contribution >= 4 is 5.69 Å². The standard InChI is InChI=1S/C19H25N3O/c1-5-22-12-13-8-6-10-15(16(13)17(22)19(2,3)4)23-18-14(20)9-7-11-21-18/h6-11,17H,5,12,20H2,1-4H3. The molecule has 4 heteroatoms. The third kappa shape index (κ3) is 2.91. The number of nitrogens with two attached hydrogens (primary N) is 1. The SMILES string of the molecule is CCN1Cc2cccc(Oc3ncccc3N)c2C1C(C)(C)C. The molecule has 4 nitrogen and oxygen atoms in total. The first-order valence-corrected chi connectivity index (χ1v) is 8.16. The van der Waals surface area contributed by atoms with Crippen LogP contribution in [0.3, 0.4) is 0 Å². The van der Waals surface area contributed by atoms with E-state index in [1.54, 1.807) is 6.20 Å². The molecule has 0 spiro atoms. The third-order valence-corrected chi connectivity index (χ3v) is 4.40. The van der Waals surface area contributed by atoms with Gasteiger partial charge in [-0.25, -0.2) is 4.98 Å². The summed E-state index contributed by atoms with van der Waals surface area (Å²) in [6.45, 7) is 11.0. The average molecular weight is 311 g/mol. The number of aromatic nitrogens is 1. The highest BCUT2D eigenvalue weighted by Crippen LogP contribution is 2.49. The normalized spacial score (nSPS) is 18.0. The number of nitrogens with zero attached hydrogens (tertiary/aromatic N) is 2. The third-order valence-electron chi connectivity index (χ3n) is 4.40. The molecule has 0 amide bonds. The minimum atomic E-state index is 0.121. The molecule has 1 unspecified atom stereocenters. The zero-order chi connectivity index (χ0) is 16.6. The van der Waals surface area contributed by atoms with Crippen LogP contribution in [0.25, 0.3) is 0 Å². The Hall–Kier alpha value is -2.07. The minimum absolute atomic E-state index is 0.121. The van der Waals surface area contributed by atoms with Gasteiger partial charge in [-0.3, -0.25) is 4.90 Å². The van der Waals surface area contributed by atoms with Crippen molar-refractivity contribution in [1.29, 1.82) is 0 Å². The molecule has 2 aromatic rings. The van der Waals surface area contributed by atoms with Gasteiger partial charge in [0.25, 0.3) is 0 Å². The monoisotopic (exact) mass is 311 g/mol. The van der Waals surface area contributed by atoms with E-state index in [9.17, 15) is 0 Å². The first-order valence-electron chi connectivity index (χ1n) is 8.16.